The van der Waals surface area contributed by atoms with Crippen LogP contribution in [0.15, 0.2) is 24.3 Å². The molecule has 0 aliphatic heterocycles. The number of nitrogens with one attached hydrogen (secondary N) is 2. The SMILES string of the molecule is CC(=O)c1cccc(NC(=O)NCC2CC3CCC2C3)c1. The minimum absolute atomic E-state index is 0.000962. The second kappa shape index (κ2) is 5.88. The van der Waals surface area contributed by atoms with Gasteiger partial charge in [0.05, 0.1) is 0 Å². The lowest BCUT2D eigenvalue weighted by molar-refractivity contribution is 0.101. The maximum absolute atomic E-state index is 11.9. The third-order valence-corrected chi connectivity index (χ3v) is 4.94. The van der Waals surface area contributed by atoms with E-state index in [0.717, 1.165) is 18.4 Å². The zero-order valence-electron chi connectivity index (χ0n) is 12.4. The van der Waals surface area contributed by atoms with Gasteiger partial charge in [-0.1, -0.05) is 18.6 Å². The highest BCUT2D eigenvalue weighted by Crippen LogP contribution is 2.47. The van der Waals surface area contributed by atoms with E-state index < -0.39 is 0 Å². The summed E-state index contributed by atoms with van der Waals surface area (Å²) in [6, 6.07) is 6.85. The van der Waals surface area contributed by atoms with E-state index in [0.29, 0.717) is 17.2 Å². The summed E-state index contributed by atoms with van der Waals surface area (Å²) in [4.78, 5) is 23.3. The Bertz CT molecular complexity index is 555. The fourth-order valence-corrected chi connectivity index (χ4v) is 3.84. The Morgan fingerprint density at radius 1 is 1.24 bits per heavy atom. The predicted octanol–water partition coefficient (Wildman–Crippen LogP) is 3.45. The normalized spacial score (nSPS) is 26.6. The maximum Gasteiger partial charge on any atom is 0.319 e. The van der Waals surface area contributed by atoms with Gasteiger partial charge in [0.25, 0.3) is 0 Å². The molecule has 2 aliphatic carbocycles. The molecule has 0 saturated heterocycles. The van der Waals surface area contributed by atoms with Gasteiger partial charge in [0.2, 0.25) is 0 Å². The summed E-state index contributed by atoms with van der Waals surface area (Å²) in [6.45, 7) is 2.29. The quantitative estimate of drug-likeness (QED) is 0.833. The number of rotatable bonds is 4. The van der Waals surface area contributed by atoms with E-state index in [1.807, 2.05) is 0 Å². The van der Waals surface area contributed by atoms with E-state index in [9.17, 15) is 9.59 Å². The number of fused-ring (bicyclic) bond motifs is 2. The molecule has 4 nitrogen and oxygen atoms in total. The Balaban J connectivity index is 1.50. The lowest BCUT2D eigenvalue weighted by Crippen LogP contribution is -2.34. The fourth-order valence-electron chi connectivity index (χ4n) is 3.84. The summed E-state index contributed by atoms with van der Waals surface area (Å²) in [5.41, 5.74) is 1.27. The molecule has 2 saturated carbocycles. The molecule has 0 aromatic heterocycles. The standard InChI is InChI=1S/C17H22N2O2/c1-11(20)13-3-2-4-16(9-13)19-17(21)18-10-15-8-12-5-6-14(15)7-12/h2-4,9,12,14-15H,5-8,10H2,1H3,(H2,18,19,21). The van der Waals surface area contributed by atoms with Crippen molar-refractivity contribution in [2.75, 3.05) is 11.9 Å². The van der Waals surface area contributed by atoms with Crippen LogP contribution in [0, 0.1) is 17.8 Å². The number of amides is 2. The minimum atomic E-state index is -0.182. The smallest absolute Gasteiger partial charge is 0.319 e. The van der Waals surface area contributed by atoms with Gasteiger partial charge >= 0.3 is 6.03 Å². The molecule has 0 spiro atoms. The Hall–Kier alpha value is -1.84. The molecule has 2 amide bonds. The van der Waals surface area contributed by atoms with Crippen LogP contribution < -0.4 is 10.6 Å². The summed E-state index contributed by atoms with van der Waals surface area (Å²) in [6.07, 6.45) is 5.34. The van der Waals surface area contributed by atoms with Gasteiger partial charge < -0.3 is 10.6 Å². The van der Waals surface area contributed by atoms with Crippen LogP contribution in [-0.4, -0.2) is 18.4 Å². The van der Waals surface area contributed by atoms with Crippen LogP contribution >= 0.6 is 0 Å². The highest BCUT2D eigenvalue weighted by atomic mass is 16.2. The molecule has 0 radical (unpaired) electrons. The number of ketones is 1. The van der Waals surface area contributed by atoms with Crippen molar-refractivity contribution in [1.29, 1.82) is 0 Å². The molecule has 0 heterocycles. The average molecular weight is 286 g/mol. The molecule has 3 rings (SSSR count). The van der Waals surface area contributed by atoms with E-state index in [1.54, 1.807) is 24.3 Å². The molecule has 2 aliphatic rings. The van der Waals surface area contributed by atoms with Crippen molar-refractivity contribution in [2.24, 2.45) is 17.8 Å². The van der Waals surface area contributed by atoms with Crippen LogP contribution in [0.1, 0.15) is 43.0 Å². The van der Waals surface area contributed by atoms with Crippen LogP contribution in [0.4, 0.5) is 10.5 Å². The molecule has 1 aromatic rings. The topological polar surface area (TPSA) is 58.2 Å². The first-order valence-electron chi connectivity index (χ1n) is 7.77. The molecule has 3 atom stereocenters. The zero-order chi connectivity index (χ0) is 14.8. The average Bonchev–Trinajstić information content (AvgIpc) is 3.08. The van der Waals surface area contributed by atoms with Gasteiger partial charge in [-0.25, -0.2) is 4.79 Å². The lowest BCUT2D eigenvalue weighted by atomic mass is 9.89. The van der Waals surface area contributed by atoms with Crippen LogP contribution in [-0.2, 0) is 0 Å². The fraction of sp³-hybridized carbons (Fsp3) is 0.529. The zero-order valence-corrected chi connectivity index (χ0v) is 12.4. The second-order valence-corrected chi connectivity index (χ2v) is 6.41. The molecular formula is C17H22N2O2. The first-order valence-corrected chi connectivity index (χ1v) is 7.77. The number of benzene rings is 1. The Morgan fingerprint density at radius 2 is 2.10 bits per heavy atom. The number of urea groups is 1. The first-order chi connectivity index (χ1) is 10.1. The largest absolute Gasteiger partial charge is 0.338 e. The summed E-state index contributed by atoms with van der Waals surface area (Å²) >= 11 is 0. The van der Waals surface area contributed by atoms with Crippen molar-refractivity contribution in [3.63, 3.8) is 0 Å². The van der Waals surface area contributed by atoms with Gasteiger partial charge in [-0.3, -0.25) is 4.79 Å². The molecule has 2 bridgehead atoms. The Labute approximate surface area is 125 Å². The second-order valence-electron chi connectivity index (χ2n) is 6.41. The summed E-state index contributed by atoms with van der Waals surface area (Å²) in [5.74, 6) is 2.37. The van der Waals surface area contributed by atoms with E-state index in [1.165, 1.54) is 32.6 Å². The van der Waals surface area contributed by atoms with Crippen molar-refractivity contribution >= 4 is 17.5 Å². The molecule has 3 unspecified atom stereocenters. The molecule has 2 N–H and O–H groups in total. The van der Waals surface area contributed by atoms with Crippen molar-refractivity contribution in [2.45, 2.75) is 32.6 Å². The van der Waals surface area contributed by atoms with E-state index in [-0.39, 0.29) is 11.8 Å². The molecular weight excluding hydrogens is 264 g/mol. The predicted molar refractivity (Wildman–Crippen MR) is 82.4 cm³/mol. The Morgan fingerprint density at radius 3 is 2.76 bits per heavy atom. The van der Waals surface area contributed by atoms with Crippen molar-refractivity contribution < 1.29 is 9.59 Å². The lowest BCUT2D eigenvalue weighted by Gasteiger charge is -2.21. The molecule has 1 aromatic carbocycles. The number of carbonyl (C=O) groups excluding carboxylic acids is 2. The number of Topliss-reactive ketones (excluding diaryl/α,β-unsaturated/α-hetero) is 1. The highest BCUT2D eigenvalue weighted by Gasteiger charge is 2.39. The van der Waals surface area contributed by atoms with Gasteiger partial charge in [0, 0.05) is 17.8 Å². The van der Waals surface area contributed by atoms with Crippen molar-refractivity contribution in [3.8, 4) is 0 Å². The van der Waals surface area contributed by atoms with Gasteiger partial charge in [0.15, 0.2) is 5.78 Å². The summed E-state index contributed by atoms with van der Waals surface area (Å²) < 4.78 is 0. The summed E-state index contributed by atoms with van der Waals surface area (Å²) in [5, 5.41) is 5.77. The van der Waals surface area contributed by atoms with E-state index >= 15 is 0 Å². The number of anilines is 1. The monoisotopic (exact) mass is 286 g/mol. The molecule has 21 heavy (non-hydrogen) atoms. The maximum atomic E-state index is 11.9. The van der Waals surface area contributed by atoms with Crippen LogP contribution in [0.5, 0.6) is 0 Å². The molecule has 2 fully saturated rings. The Kier molecular flexibility index (Phi) is 3.95. The van der Waals surface area contributed by atoms with Gasteiger partial charge in [-0.15, -0.1) is 0 Å². The number of carbonyl (C=O) groups is 2. The molecule has 4 heteroatoms. The first kappa shape index (κ1) is 14.1. The highest BCUT2D eigenvalue weighted by molar-refractivity contribution is 5.96. The van der Waals surface area contributed by atoms with Gasteiger partial charge in [-0.2, -0.15) is 0 Å². The van der Waals surface area contributed by atoms with Crippen LogP contribution in [0.25, 0.3) is 0 Å². The van der Waals surface area contributed by atoms with Crippen LogP contribution in [0.3, 0.4) is 0 Å². The van der Waals surface area contributed by atoms with Crippen LogP contribution in [0.2, 0.25) is 0 Å². The molecule has 112 valence electrons. The number of hydrogen-bond donors (Lipinski definition) is 2. The third-order valence-electron chi connectivity index (χ3n) is 4.94. The van der Waals surface area contributed by atoms with E-state index in [4.69, 9.17) is 0 Å². The van der Waals surface area contributed by atoms with Gasteiger partial charge in [-0.05, 0) is 56.1 Å². The van der Waals surface area contributed by atoms with E-state index in [2.05, 4.69) is 10.6 Å². The third kappa shape index (κ3) is 3.26. The van der Waals surface area contributed by atoms with Crippen molar-refractivity contribution in [1.82, 2.24) is 5.32 Å². The van der Waals surface area contributed by atoms with Gasteiger partial charge in [0.1, 0.15) is 0 Å². The number of hydrogen-bond acceptors (Lipinski definition) is 2. The minimum Gasteiger partial charge on any atom is -0.338 e. The van der Waals surface area contributed by atoms with Crippen molar-refractivity contribution in [3.05, 3.63) is 29.8 Å². The summed E-state index contributed by atoms with van der Waals surface area (Å²) in [7, 11) is 0.